The maximum Gasteiger partial charge on any atom is 0.262 e. The number of Topliss-reactive ketones (excluding diaryl/α,β-unsaturated/α-hetero) is 1. The molecule has 0 fully saturated rings. The number of benzene rings is 1. The third-order valence-corrected chi connectivity index (χ3v) is 4.17. The van der Waals surface area contributed by atoms with Gasteiger partial charge in [-0.15, -0.1) is 11.3 Å². The molecular weight excluding hydrogens is 352 g/mol. The molecule has 24 heavy (non-hydrogen) atoms. The first-order chi connectivity index (χ1) is 11.4. The number of ether oxygens (including phenoxy) is 1. The lowest BCUT2D eigenvalue weighted by Crippen LogP contribution is -2.22. The quantitative estimate of drug-likeness (QED) is 0.735. The lowest BCUT2D eigenvalue weighted by Gasteiger charge is -2.11. The van der Waals surface area contributed by atoms with E-state index in [4.69, 9.17) is 22.1 Å². The fourth-order valence-corrected chi connectivity index (χ4v) is 2.92. The first-order valence-corrected chi connectivity index (χ1v) is 8.30. The maximum absolute atomic E-state index is 12.0. The van der Waals surface area contributed by atoms with Crippen molar-refractivity contribution < 1.29 is 19.1 Å². The molecule has 0 saturated carbocycles. The second kappa shape index (κ2) is 7.94. The minimum Gasteiger partial charge on any atom is -0.483 e. The Hall–Kier alpha value is -2.38. The monoisotopic (exact) mass is 366 g/mol. The summed E-state index contributed by atoms with van der Waals surface area (Å²) in [6.45, 7) is 1.41. The Morgan fingerprint density at radius 1 is 1.25 bits per heavy atom. The number of primary amides is 1. The molecule has 0 spiro atoms. The van der Waals surface area contributed by atoms with Gasteiger partial charge in [-0.05, 0) is 29.6 Å². The van der Waals surface area contributed by atoms with Crippen LogP contribution in [0, 0.1) is 0 Å². The molecule has 126 valence electrons. The van der Waals surface area contributed by atoms with Crippen LogP contribution in [0.5, 0.6) is 5.75 Å². The number of ketones is 1. The third-order valence-electron chi connectivity index (χ3n) is 3.11. The summed E-state index contributed by atoms with van der Waals surface area (Å²) < 4.78 is 5.42. The number of amides is 2. The molecule has 3 N–H and O–H groups in total. The van der Waals surface area contributed by atoms with Crippen LogP contribution in [-0.4, -0.2) is 24.2 Å². The average Bonchev–Trinajstić information content (AvgIpc) is 3.01. The molecule has 6 nitrogen and oxygen atoms in total. The zero-order valence-electron chi connectivity index (χ0n) is 12.8. The first-order valence-electron chi connectivity index (χ1n) is 7.05. The second-order valence-corrected chi connectivity index (χ2v) is 6.13. The van der Waals surface area contributed by atoms with Crippen LogP contribution < -0.4 is 15.8 Å². The van der Waals surface area contributed by atoms with Gasteiger partial charge in [0.1, 0.15) is 10.8 Å². The van der Waals surface area contributed by atoms with E-state index in [9.17, 15) is 14.4 Å². The predicted molar refractivity (Wildman–Crippen MR) is 93.0 cm³/mol. The summed E-state index contributed by atoms with van der Waals surface area (Å²) in [7, 11) is 0. The minimum absolute atomic E-state index is 0.137. The van der Waals surface area contributed by atoms with Crippen LogP contribution in [0.25, 0.3) is 0 Å². The van der Waals surface area contributed by atoms with Crippen molar-refractivity contribution in [3.63, 3.8) is 0 Å². The molecule has 2 amide bonds. The number of anilines is 1. The molecule has 0 radical (unpaired) electrons. The van der Waals surface area contributed by atoms with E-state index in [0.29, 0.717) is 22.0 Å². The van der Waals surface area contributed by atoms with E-state index in [0.717, 1.165) is 0 Å². The van der Waals surface area contributed by atoms with Gasteiger partial charge in [-0.2, -0.15) is 0 Å². The van der Waals surface area contributed by atoms with Crippen molar-refractivity contribution in [3.05, 3.63) is 45.8 Å². The third kappa shape index (κ3) is 4.33. The van der Waals surface area contributed by atoms with Gasteiger partial charge in [0.2, 0.25) is 0 Å². The van der Waals surface area contributed by atoms with Gasteiger partial charge < -0.3 is 15.8 Å². The Morgan fingerprint density at radius 3 is 2.67 bits per heavy atom. The molecule has 2 aromatic rings. The van der Waals surface area contributed by atoms with Gasteiger partial charge in [0.15, 0.2) is 12.4 Å². The van der Waals surface area contributed by atoms with Crippen LogP contribution in [-0.2, 0) is 4.79 Å². The fourth-order valence-electron chi connectivity index (χ4n) is 1.94. The van der Waals surface area contributed by atoms with E-state index in [2.05, 4.69) is 5.32 Å². The van der Waals surface area contributed by atoms with E-state index in [1.54, 1.807) is 24.4 Å². The number of carbonyl (C=O) groups is 3. The van der Waals surface area contributed by atoms with Crippen LogP contribution in [0.1, 0.15) is 34.1 Å². The van der Waals surface area contributed by atoms with Crippen molar-refractivity contribution in [2.24, 2.45) is 5.73 Å². The molecule has 1 aromatic carbocycles. The van der Waals surface area contributed by atoms with Crippen molar-refractivity contribution in [1.82, 2.24) is 0 Å². The molecule has 0 aliphatic heterocycles. The highest BCUT2D eigenvalue weighted by molar-refractivity contribution is 7.14. The highest BCUT2D eigenvalue weighted by atomic mass is 35.5. The van der Waals surface area contributed by atoms with E-state index < -0.39 is 11.8 Å². The highest BCUT2D eigenvalue weighted by Crippen LogP contribution is 2.25. The molecular formula is C16H15ClN2O4S. The van der Waals surface area contributed by atoms with Crippen molar-refractivity contribution in [2.75, 3.05) is 11.9 Å². The highest BCUT2D eigenvalue weighted by Gasteiger charge is 2.15. The van der Waals surface area contributed by atoms with Gasteiger partial charge in [0.05, 0.1) is 11.1 Å². The molecule has 8 heteroatoms. The summed E-state index contributed by atoms with van der Waals surface area (Å²) in [6.07, 6.45) is 0.292. The smallest absolute Gasteiger partial charge is 0.262 e. The van der Waals surface area contributed by atoms with Gasteiger partial charge in [-0.25, -0.2) is 0 Å². The summed E-state index contributed by atoms with van der Waals surface area (Å²) in [5.41, 5.74) is 5.78. The Kier molecular flexibility index (Phi) is 5.94. The molecule has 1 heterocycles. The molecule has 2 rings (SSSR count). The molecule has 0 bridgehead atoms. The topological polar surface area (TPSA) is 98.5 Å². The van der Waals surface area contributed by atoms with E-state index in [1.807, 2.05) is 0 Å². The second-order valence-electron chi connectivity index (χ2n) is 4.78. The Bertz CT molecular complexity index is 788. The van der Waals surface area contributed by atoms with Gasteiger partial charge >= 0.3 is 0 Å². The van der Waals surface area contributed by atoms with Crippen LogP contribution in [0.3, 0.4) is 0 Å². The lowest BCUT2D eigenvalue weighted by atomic mass is 10.1. The molecule has 0 unspecified atom stereocenters. The van der Waals surface area contributed by atoms with E-state index >= 15 is 0 Å². The van der Waals surface area contributed by atoms with Gasteiger partial charge in [-0.3, -0.25) is 14.4 Å². The van der Waals surface area contributed by atoms with Crippen LogP contribution in [0.15, 0.2) is 29.6 Å². The number of hydrogen-bond acceptors (Lipinski definition) is 5. The van der Waals surface area contributed by atoms with Crippen molar-refractivity contribution in [3.8, 4) is 5.75 Å². The van der Waals surface area contributed by atoms with Crippen LogP contribution in [0.4, 0.5) is 5.00 Å². The average molecular weight is 367 g/mol. The molecule has 1 aromatic heterocycles. The largest absolute Gasteiger partial charge is 0.483 e. The standard InChI is InChI=1S/C16H15ClN2O4S/c1-2-12(20)11-7-9(17)3-4-13(11)23-8-14(21)19-16-10(15(18)22)5-6-24-16/h3-7H,2,8H2,1H3,(H2,18,22)(H,19,21). The van der Waals surface area contributed by atoms with Crippen molar-refractivity contribution in [1.29, 1.82) is 0 Å². The number of halogens is 1. The molecule has 0 saturated heterocycles. The summed E-state index contributed by atoms with van der Waals surface area (Å²) in [4.78, 5) is 35.1. The summed E-state index contributed by atoms with van der Waals surface area (Å²) in [5, 5.41) is 4.97. The van der Waals surface area contributed by atoms with Gasteiger partial charge in [0, 0.05) is 11.4 Å². The summed E-state index contributed by atoms with van der Waals surface area (Å²) in [6, 6.07) is 6.15. The van der Waals surface area contributed by atoms with Crippen LogP contribution in [0.2, 0.25) is 5.02 Å². The summed E-state index contributed by atoms with van der Waals surface area (Å²) in [5.74, 6) is -0.948. The number of nitrogens with one attached hydrogen (secondary N) is 1. The number of hydrogen-bond donors (Lipinski definition) is 2. The lowest BCUT2D eigenvalue weighted by molar-refractivity contribution is -0.118. The summed E-state index contributed by atoms with van der Waals surface area (Å²) >= 11 is 7.07. The van der Waals surface area contributed by atoms with E-state index in [1.165, 1.54) is 23.5 Å². The minimum atomic E-state index is -0.624. The molecule has 0 aliphatic rings. The Balaban J connectivity index is 2.05. The van der Waals surface area contributed by atoms with Crippen molar-refractivity contribution in [2.45, 2.75) is 13.3 Å². The predicted octanol–water partition coefficient (Wildman–Crippen LogP) is 3.11. The Morgan fingerprint density at radius 2 is 2.00 bits per heavy atom. The van der Waals surface area contributed by atoms with E-state index in [-0.39, 0.29) is 23.7 Å². The first kappa shape index (κ1) is 18.0. The zero-order valence-corrected chi connectivity index (χ0v) is 14.4. The normalized spacial score (nSPS) is 10.2. The Labute approximate surface area is 147 Å². The molecule has 0 aliphatic carbocycles. The number of nitrogens with two attached hydrogens (primary N) is 1. The fraction of sp³-hybridized carbons (Fsp3) is 0.188. The number of carbonyl (C=O) groups excluding carboxylic acids is 3. The van der Waals surface area contributed by atoms with Gasteiger partial charge in [0.25, 0.3) is 11.8 Å². The van der Waals surface area contributed by atoms with Crippen LogP contribution >= 0.6 is 22.9 Å². The van der Waals surface area contributed by atoms with Gasteiger partial charge in [-0.1, -0.05) is 18.5 Å². The zero-order chi connectivity index (χ0) is 17.7. The number of thiophene rings is 1. The maximum atomic E-state index is 12.0. The molecule has 0 atom stereocenters. The van der Waals surface area contributed by atoms with Crippen molar-refractivity contribution >= 4 is 45.5 Å². The number of rotatable bonds is 7. The SMILES string of the molecule is CCC(=O)c1cc(Cl)ccc1OCC(=O)Nc1sccc1C(N)=O.